The summed E-state index contributed by atoms with van der Waals surface area (Å²) in [4.78, 5) is 0. The van der Waals surface area contributed by atoms with Crippen LogP contribution in [0.4, 0.5) is 22.0 Å². The lowest BCUT2D eigenvalue weighted by Gasteiger charge is -2.08. The van der Waals surface area contributed by atoms with Gasteiger partial charge in [-0.2, -0.15) is 30.4 Å². The zero-order chi connectivity index (χ0) is 10.2. The largest absolute Gasteiger partial charge is 0.425 e. The highest BCUT2D eigenvalue weighted by atomic mass is 32.2. The van der Waals surface area contributed by atoms with E-state index in [1.54, 1.807) is 0 Å². The van der Waals surface area contributed by atoms with Crippen molar-refractivity contribution in [2.45, 2.75) is 5.25 Å². The maximum atomic E-state index is 11.8. The molecule has 0 saturated carbocycles. The molecule has 0 rings (SSSR count). The lowest BCUT2D eigenvalue weighted by atomic mass is 10.6. The Morgan fingerprint density at radius 2 is 1.50 bits per heavy atom. The van der Waals surface area contributed by atoms with Crippen LogP contribution in [0.5, 0.6) is 0 Å². The van der Waals surface area contributed by atoms with Crippen LogP contribution in [0.2, 0.25) is 0 Å². The third-order valence-corrected chi connectivity index (χ3v) is 1.57. The predicted molar refractivity (Wildman–Crippen MR) is 26.8 cm³/mol. The molecule has 72 valence electrons. The summed E-state index contributed by atoms with van der Waals surface area (Å²) in [7, 11) is -6.19. The second-order valence-corrected chi connectivity index (χ2v) is 3.03. The first-order chi connectivity index (χ1) is 5.10. The van der Waals surface area contributed by atoms with Crippen molar-refractivity contribution in [1.29, 1.82) is 0 Å². The minimum Gasteiger partial charge on any atom is -0.281 e. The van der Waals surface area contributed by atoms with E-state index in [4.69, 9.17) is 4.55 Å². The first kappa shape index (κ1) is 11.3. The van der Waals surface area contributed by atoms with Gasteiger partial charge in [-0.05, 0) is 0 Å². The van der Waals surface area contributed by atoms with E-state index in [1.165, 1.54) is 0 Å². The van der Waals surface area contributed by atoms with Crippen LogP contribution in [0.25, 0.3) is 0 Å². The molecule has 0 amide bonds. The molecule has 0 radical (unpaired) electrons. The molecule has 0 unspecified atom stereocenters. The maximum absolute atomic E-state index is 11.8. The molecule has 0 spiro atoms. The second-order valence-electron chi connectivity index (χ2n) is 1.57. The third-order valence-electron chi connectivity index (χ3n) is 0.745. The molecule has 0 aromatic carbocycles. The highest BCUT2D eigenvalue weighted by Gasteiger charge is 2.51. The first-order valence-corrected chi connectivity index (χ1v) is 3.61. The fourth-order valence-corrected chi connectivity index (χ4v) is 0.527. The molecule has 0 aliphatic rings. The molecule has 0 atom stereocenters. The zero-order valence-corrected chi connectivity index (χ0v) is 5.88. The van der Waals surface area contributed by atoms with Crippen molar-refractivity contribution in [3.8, 4) is 0 Å². The fourth-order valence-electron chi connectivity index (χ4n) is 0.223. The summed E-state index contributed by atoms with van der Waals surface area (Å²) in [5, 5.41) is -5.59. The topological polar surface area (TPSA) is 54.4 Å². The van der Waals surface area contributed by atoms with Gasteiger partial charge in [-0.25, -0.2) is 0 Å². The van der Waals surface area contributed by atoms with Gasteiger partial charge >= 0.3 is 21.5 Å². The number of halogens is 5. The van der Waals surface area contributed by atoms with E-state index in [9.17, 15) is 30.4 Å². The number of alkyl halides is 2. The van der Waals surface area contributed by atoms with Crippen LogP contribution < -0.4 is 0 Å². The van der Waals surface area contributed by atoms with E-state index < -0.39 is 27.3 Å². The van der Waals surface area contributed by atoms with Gasteiger partial charge < -0.3 is 0 Å². The minimum absolute atomic E-state index is 3.48. The molecule has 0 aromatic heterocycles. The first-order valence-electron chi connectivity index (χ1n) is 2.16. The van der Waals surface area contributed by atoms with Gasteiger partial charge in [0, 0.05) is 0 Å². The molecule has 0 aliphatic carbocycles. The Morgan fingerprint density at radius 3 is 1.58 bits per heavy atom. The van der Waals surface area contributed by atoms with Gasteiger partial charge in [-0.15, -0.1) is 0 Å². The Labute approximate surface area is 63.2 Å². The van der Waals surface area contributed by atoms with E-state index in [2.05, 4.69) is 0 Å². The van der Waals surface area contributed by atoms with Crippen LogP contribution >= 0.6 is 0 Å². The molecule has 0 saturated heterocycles. The summed E-state index contributed by atoms with van der Waals surface area (Å²) in [5.41, 5.74) is 0. The van der Waals surface area contributed by atoms with Crippen LogP contribution in [-0.4, -0.2) is 18.2 Å². The second kappa shape index (κ2) is 2.98. The Bertz CT molecular complexity index is 300. The van der Waals surface area contributed by atoms with Crippen molar-refractivity contribution in [3.05, 3.63) is 11.9 Å². The van der Waals surface area contributed by atoms with Crippen molar-refractivity contribution in [2.75, 3.05) is 0 Å². The van der Waals surface area contributed by atoms with E-state index >= 15 is 0 Å². The average molecular weight is 212 g/mol. The van der Waals surface area contributed by atoms with E-state index in [1.807, 2.05) is 0 Å². The summed E-state index contributed by atoms with van der Waals surface area (Å²) >= 11 is 0. The smallest absolute Gasteiger partial charge is 0.281 e. The zero-order valence-electron chi connectivity index (χ0n) is 5.06. The SMILES string of the molecule is O=S(=O)(O)C(F)(F)C(F)=C(F)F. The van der Waals surface area contributed by atoms with Gasteiger partial charge in [-0.1, -0.05) is 0 Å². The summed E-state index contributed by atoms with van der Waals surface area (Å²) in [6.07, 6.45) is -3.50. The van der Waals surface area contributed by atoms with Gasteiger partial charge in [0.2, 0.25) is 0 Å². The predicted octanol–water partition coefficient (Wildman–Crippen LogP) is 1.54. The number of hydrogen-bond donors (Lipinski definition) is 1. The third kappa shape index (κ3) is 1.91. The molecular formula is C3HF5O3S. The molecule has 1 N–H and O–H groups in total. The monoisotopic (exact) mass is 212 g/mol. The Morgan fingerprint density at radius 1 is 1.17 bits per heavy atom. The van der Waals surface area contributed by atoms with Crippen LogP contribution in [0.1, 0.15) is 0 Å². The summed E-state index contributed by atoms with van der Waals surface area (Å²) in [6.45, 7) is 0. The van der Waals surface area contributed by atoms with Crippen molar-refractivity contribution in [2.24, 2.45) is 0 Å². The van der Waals surface area contributed by atoms with Gasteiger partial charge in [0.05, 0.1) is 0 Å². The Kier molecular flexibility index (Phi) is 2.80. The molecule has 0 aromatic rings. The molecule has 3 nitrogen and oxygen atoms in total. The normalized spacial score (nSPS) is 12.8. The summed E-state index contributed by atoms with van der Waals surface area (Å²) in [6, 6.07) is 0. The quantitative estimate of drug-likeness (QED) is 0.558. The highest BCUT2D eigenvalue weighted by molar-refractivity contribution is 7.87. The molecule has 0 fully saturated rings. The van der Waals surface area contributed by atoms with Crippen LogP contribution in [0, 0.1) is 0 Å². The lowest BCUT2D eigenvalue weighted by Crippen LogP contribution is -2.29. The van der Waals surface area contributed by atoms with Crippen LogP contribution in [0.3, 0.4) is 0 Å². The standard InChI is InChI=1S/C3HF5O3S/c4-1(2(5)6)3(7,8)12(9,10)11/h(H,9,10,11). The molecule has 0 aliphatic heterocycles. The highest BCUT2D eigenvalue weighted by Crippen LogP contribution is 2.33. The average Bonchev–Trinajstić information content (AvgIpc) is 1.83. The van der Waals surface area contributed by atoms with Gasteiger partial charge in [0.15, 0.2) is 0 Å². The molecule has 9 heteroatoms. The van der Waals surface area contributed by atoms with Crippen molar-refractivity contribution in [1.82, 2.24) is 0 Å². The van der Waals surface area contributed by atoms with Gasteiger partial charge in [0.1, 0.15) is 0 Å². The van der Waals surface area contributed by atoms with Crippen molar-refractivity contribution < 1.29 is 34.9 Å². The summed E-state index contributed by atoms with van der Waals surface area (Å²) in [5.74, 6) is -3.48. The van der Waals surface area contributed by atoms with E-state index in [0.29, 0.717) is 0 Å². The molecule has 0 bridgehead atoms. The molecule has 0 heterocycles. The molecular weight excluding hydrogens is 211 g/mol. The lowest BCUT2D eigenvalue weighted by molar-refractivity contribution is 0.0843. The van der Waals surface area contributed by atoms with Gasteiger partial charge in [-0.3, -0.25) is 4.55 Å². The van der Waals surface area contributed by atoms with Crippen molar-refractivity contribution in [3.63, 3.8) is 0 Å². The van der Waals surface area contributed by atoms with E-state index in [0.717, 1.165) is 0 Å². The van der Waals surface area contributed by atoms with E-state index in [-0.39, 0.29) is 0 Å². The van der Waals surface area contributed by atoms with Crippen LogP contribution in [0.15, 0.2) is 11.9 Å². The van der Waals surface area contributed by atoms with Crippen molar-refractivity contribution >= 4 is 10.1 Å². The number of hydrogen-bond acceptors (Lipinski definition) is 2. The fraction of sp³-hybridized carbons (Fsp3) is 0.333. The van der Waals surface area contributed by atoms with Gasteiger partial charge in [0.25, 0.3) is 5.83 Å². The Balaban J connectivity index is 5.31. The minimum atomic E-state index is -6.19. The number of rotatable bonds is 2. The maximum Gasteiger partial charge on any atom is 0.425 e. The Hall–Kier alpha value is -0.700. The van der Waals surface area contributed by atoms with Crippen LogP contribution in [-0.2, 0) is 10.1 Å². The molecule has 12 heavy (non-hydrogen) atoms. The summed E-state index contributed by atoms with van der Waals surface area (Å²) < 4.78 is 84.3.